The van der Waals surface area contributed by atoms with Gasteiger partial charge in [0, 0.05) is 39.2 Å². The van der Waals surface area contributed by atoms with Crippen molar-refractivity contribution in [1.82, 2.24) is 4.57 Å². The van der Waals surface area contributed by atoms with Crippen LogP contribution < -0.4 is 16.8 Å². The molecule has 0 atom stereocenters. The first-order valence-corrected chi connectivity index (χ1v) is 9.91. The quantitative estimate of drug-likeness (QED) is 0.320. The third-order valence-corrected chi connectivity index (χ3v) is 5.51. The summed E-state index contributed by atoms with van der Waals surface area (Å²) in [5.74, 6) is 0.103. The SMILES string of the molecule is Cc1ccc(Nc2ccc3c4cc(Cl)c(C)cc4n(CCN=C(N)N)c3c2)cc1. The van der Waals surface area contributed by atoms with Gasteiger partial charge in [0.2, 0.25) is 0 Å². The maximum atomic E-state index is 6.42. The number of guanidine groups is 1. The lowest BCUT2D eigenvalue weighted by molar-refractivity contribution is 0.757. The molecule has 1 heterocycles. The van der Waals surface area contributed by atoms with Gasteiger partial charge in [0.25, 0.3) is 0 Å². The van der Waals surface area contributed by atoms with Crippen molar-refractivity contribution >= 4 is 50.7 Å². The number of aryl methyl sites for hydroxylation is 2. The van der Waals surface area contributed by atoms with Crippen LogP contribution in [0.4, 0.5) is 11.4 Å². The first-order valence-electron chi connectivity index (χ1n) is 9.53. The van der Waals surface area contributed by atoms with Crippen molar-refractivity contribution in [1.29, 1.82) is 0 Å². The Morgan fingerprint density at radius 3 is 2.34 bits per heavy atom. The highest BCUT2D eigenvalue weighted by molar-refractivity contribution is 6.32. The predicted octanol–water partition coefficient (Wildman–Crippen LogP) is 5.08. The molecule has 0 spiro atoms. The fourth-order valence-electron chi connectivity index (χ4n) is 3.62. The molecule has 3 aromatic carbocycles. The minimum Gasteiger partial charge on any atom is -0.370 e. The van der Waals surface area contributed by atoms with Crippen LogP contribution >= 0.6 is 11.6 Å². The molecule has 1 aromatic heterocycles. The lowest BCUT2D eigenvalue weighted by Gasteiger charge is -2.10. The molecule has 0 bridgehead atoms. The van der Waals surface area contributed by atoms with Crippen LogP contribution in [0.3, 0.4) is 0 Å². The molecular formula is C23H24ClN5. The van der Waals surface area contributed by atoms with Gasteiger partial charge in [-0.15, -0.1) is 0 Å². The minimum absolute atomic E-state index is 0.103. The van der Waals surface area contributed by atoms with Crippen LogP contribution in [0.15, 0.2) is 59.6 Å². The zero-order chi connectivity index (χ0) is 20.5. The Morgan fingerprint density at radius 2 is 1.62 bits per heavy atom. The Balaban J connectivity index is 1.83. The number of nitrogens with two attached hydrogens (primary N) is 2. The van der Waals surface area contributed by atoms with E-state index in [1.165, 1.54) is 5.56 Å². The molecule has 0 fully saturated rings. The van der Waals surface area contributed by atoms with Crippen LogP contribution in [-0.4, -0.2) is 17.1 Å². The summed E-state index contributed by atoms with van der Waals surface area (Å²) in [6, 6.07) is 18.9. The van der Waals surface area contributed by atoms with Gasteiger partial charge in [0.15, 0.2) is 5.96 Å². The second-order valence-electron chi connectivity index (χ2n) is 7.30. The average molecular weight is 406 g/mol. The Bertz CT molecular complexity index is 1220. The van der Waals surface area contributed by atoms with Crippen molar-refractivity contribution in [2.45, 2.75) is 20.4 Å². The molecule has 5 N–H and O–H groups in total. The summed E-state index contributed by atoms with van der Waals surface area (Å²) in [6.07, 6.45) is 0. The summed E-state index contributed by atoms with van der Waals surface area (Å²) in [4.78, 5) is 4.16. The van der Waals surface area contributed by atoms with Crippen molar-refractivity contribution in [2.75, 3.05) is 11.9 Å². The summed E-state index contributed by atoms with van der Waals surface area (Å²) in [7, 11) is 0. The number of anilines is 2. The highest BCUT2D eigenvalue weighted by Crippen LogP contribution is 2.34. The molecule has 148 valence electrons. The van der Waals surface area contributed by atoms with Gasteiger partial charge in [0.1, 0.15) is 0 Å². The Labute approximate surface area is 175 Å². The largest absolute Gasteiger partial charge is 0.370 e. The van der Waals surface area contributed by atoms with Crippen molar-refractivity contribution < 1.29 is 0 Å². The van der Waals surface area contributed by atoms with E-state index in [2.05, 4.69) is 70.3 Å². The highest BCUT2D eigenvalue weighted by atomic mass is 35.5. The normalized spacial score (nSPS) is 11.1. The fraction of sp³-hybridized carbons (Fsp3) is 0.174. The highest BCUT2D eigenvalue weighted by Gasteiger charge is 2.13. The molecule has 6 heteroatoms. The smallest absolute Gasteiger partial charge is 0.185 e. The van der Waals surface area contributed by atoms with Crippen LogP contribution in [0.2, 0.25) is 5.02 Å². The second-order valence-corrected chi connectivity index (χ2v) is 7.71. The lowest BCUT2D eigenvalue weighted by Crippen LogP contribution is -2.23. The number of rotatable bonds is 5. The summed E-state index contributed by atoms with van der Waals surface area (Å²) >= 11 is 6.42. The molecule has 0 saturated carbocycles. The molecule has 0 aliphatic rings. The van der Waals surface area contributed by atoms with E-state index in [1.807, 2.05) is 13.0 Å². The van der Waals surface area contributed by atoms with Crippen LogP contribution in [0, 0.1) is 13.8 Å². The van der Waals surface area contributed by atoms with Crippen molar-refractivity contribution in [2.24, 2.45) is 16.5 Å². The summed E-state index contributed by atoms with van der Waals surface area (Å²) in [5, 5.41) is 6.53. The van der Waals surface area contributed by atoms with E-state index in [1.54, 1.807) is 0 Å². The molecule has 0 radical (unpaired) electrons. The van der Waals surface area contributed by atoms with E-state index >= 15 is 0 Å². The van der Waals surface area contributed by atoms with Gasteiger partial charge in [-0.25, -0.2) is 0 Å². The lowest BCUT2D eigenvalue weighted by atomic mass is 10.1. The Morgan fingerprint density at radius 1 is 0.931 bits per heavy atom. The molecule has 4 rings (SSSR count). The fourth-order valence-corrected chi connectivity index (χ4v) is 3.78. The first kappa shape index (κ1) is 19.2. The van der Waals surface area contributed by atoms with E-state index in [0.29, 0.717) is 13.1 Å². The average Bonchev–Trinajstić information content (AvgIpc) is 2.96. The molecule has 0 saturated heterocycles. The number of benzene rings is 3. The predicted molar refractivity (Wildman–Crippen MR) is 124 cm³/mol. The first-order chi connectivity index (χ1) is 13.9. The summed E-state index contributed by atoms with van der Waals surface area (Å²) in [6.45, 7) is 5.29. The van der Waals surface area contributed by atoms with Gasteiger partial charge < -0.3 is 21.4 Å². The molecule has 5 nitrogen and oxygen atoms in total. The van der Waals surface area contributed by atoms with Crippen LogP contribution in [0.25, 0.3) is 21.8 Å². The molecule has 4 aromatic rings. The third kappa shape index (κ3) is 3.87. The van der Waals surface area contributed by atoms with Crippen molar-refractivity contribution in [3.63, 3.8) is 0 Å². The maximum absolute atomic E-state index is 6.42. The molecule has 0 amide bonds. The van der Waals surface area contributed by atoms with Crippen molar-refractivity contribution in [3.8, 4) is 0 Å². The molecule has 29 heavy (non-hydrogen) atoms. The van der Waals surface area contributed by atoms with Gasteiger partial charge in [0.05, 0.1) is 12.1 Å². The number of fused-ring (bicyclic) bond motifs is 3. The van der Waals surface area contributed by atoms with Gasteiger partial charge in [-0.2, -0.15) is 0 Å². The zero-order valence-electron chi connectivity index (χ0n) is 16.5. The van der Waals surface area contributed by atoms with E-state index in [-0.39, 0.29) is 5.96 Å². The number of hydrogen-bond donors (Lipinski definition) is 3. The maximum Gasteiger partial charge on any atom is 0.185 e. The van der Waals surface area contributed by atoms with E-state index < -0.39 is 0 Å². The number of halogens is 1. The molecule has 0 aliphatic carbocycles. The number of nitrogens with zero attached hydrogens (tertiary/aromatic N) is 2. The molecule has 0 aliphatic heterocycles. The molecule has 0 unspecified atom stereocenters. The van der Waals surface area contributed by atoms with Crippen LogP contribution in [0.1, 0.15) is 11.1 Å². The number of hydrogen-bond acceptors (Lipinski definition) is 2. The van der Waals surface area contributed by atoms with Crippen LogP contribution in [0.5, 0.6) is 0 Å². The zero-order valence-corrected chi connectivity index (χ0v) is 17.3. The minimum atomic E-state index is 0.103. The summed E-state index contributed by atoms with van der Waals surface area (Å²) in [5.41, 5.74) is 17.6. The third-order valence-electron chi connectivity index (χ3n) is 5.10. The monoisotopic (exact) mass is 405 g/mol. The number of aliphatic imine (C=N–C) groups is 1. The number of nitrogens with one attached hydrogen (secondary N) is 1. The summed E-state index contributed by atoms with van der Waals surface area (Å²) < 4.78 is 2.25. The standard InChI is InChI=1S/C23H24ClN5/c1-14-3-5-16(6-4-14)28-17-7-8-18-19-13-20(24)15(2)11-21(19)29(22(18)12-17)10-9-27-23(25)26/h3-8,11-13,28H,9-10H2,1-2H3,(H4,25,26,27). The van der Waals surface area contributed by atoms with Crippen LogP contribution in [-0.2, 0) is 6.54 Å². The van der Waals surface area contributed by atoms with Gasteiger partial charge in [-0.1, -0.05) is 35.4 Å². The number of aromatic nitrogens is 1. The van der Waals surface area contributed by atoms with E-state index in [9.17, 15) is 0 Å². The Hall–Kier alpha value is -3.18. The van der Waals surface area contributed by atoms with Crippen molar-refractivity contribution in [3.05, 3.63) is 70.7 Å². The molecular weight excluding hydrogens is 382 g/mol. The van der Waals surface area contributed by atoms with E-state index in [4.69, 9.17) is 23.1 Å². The second kappa shape index (κ2) is 7.68. The van der Waals surface area contributed by atoms with E-state index in [0.717, 1.165) is 43.8 Å². The van der Waals surface area contributed by atoms with Gasteiger partial charge in [-0.3, -0.25) is 4.99 Å². The Kier molecular flexibility index (Phi) is 5.07. The van der Waals surface area contributed by atoms with Gasteiger partial charge >= 0.3 is 0 Å². The topological polar surface area (TPSA) is 81.4 Å². The van der Waals surface area contributed by atoms with Gasteiger partial charge in [-0.05, 0) is 55.8 Å².